The number of rotatable bonds is 2. The van der Waals surface area contributed by atoms with Gasteiger partial charge in [0.1, 0.15) is 5.75 Å². The third-order valence-corrected chi connectivity index (χ3v) is 3.12. The summed E-state index contributed by atoms with van der Waals surface area (Å²) in [6.07, 6.45) is 3.19. The monoisotopic (exact) mass is 225 g/mol. The summed E-state index contributed by atoms with van der Waals surface area (Å²) in [6.45, 7) is 1.54. The SMILES string of the molecule is NCCC1CCOc2ccc(Cl)cc2C1. The van der Waals surface area contributed by atoms with Crippen LogP contribution < -0.4 is 10.5 Å². The number of halogens is 1. The molecule has 0 aromatic heterocycles. The summed E-state index contributed by atoms with van der Waals surface area (Å²) in [4.78, 5) is 0. The van der Waals surface area contributed by atoms with Gasteiger partial charge in [0.05, 0.1) is 6.61 Å². The first-order chi connectivity index (χ1) is 7.29. The second kappa shape index (κ2) is 4.86. The number of hydrogen-bond donors (Lipinski definition) is 1. The maximum atomic E-state index is 5.97. The van der Waals surface area contributed by atoms with Crippen LogP contribution in [0.15, 0.2) is 18.2 Å². The highest BCUT2D eigenvalue weighted by atomic mass is 35.5. The third-order valence-electron chi connectivity index (χ3n) is 2.89. The van der Waals surface area contributed by atoms with E-state index in [1.807, 2.05) is 18.2 Å². The van der Waals surface area contributed by atoms with Gasteiger partial charge < -0.3 is 10.5 Å². The van der Waals surface area contributed by atoms with Crippen molar-refractivity contribution in [1.82, 2.24) is 0 Å². The molecule has 1 aliphatic rings. The molecule has 1 unspecified atom stereocenters. The largest absolute Gasteiger partial charge is 0.493 e. The highest BCUT2D eigenvalue weighted by molar-refractivity contribution is 6.30. The Bertz CT molecular complexity index is 340. The number of ether oxygens (including phenoxy) is 1. The predicted molar refractivity (Wildman–Crippen MR) is 62.4 cm³/mol. The van der Waals surface area contributed by atoms with Gasteiger partial charge in [0.2, 0.25) is 0 Å². The van der Waals surface area contributed by atoms with E-state index in [-0.39, 0.29) is 0 Å². The van der Waals surface area contributed by atoms with Crippen LogP contribution in [0.25, 0.3) is 0 Å². The number of fused-ring (bicyclic) bond motifs is 1. The second-order valence-corrected chi connectivity index (χ2v) is 4.47. The van der Waals surface area contributed by atoms with Crippen molar-refractivity contribution < 1.29 is 4.74 Å². The minimum Gasteiger partial charge on any atom is -0.493 e. The van der Waals surface area contributed by atoms with Gasteiger partial charge in [0.25, 0.3) is 0 Å². The summed E-state index contributed by atoms with van der Waals surface area (Å²) in [5.74, 6) is 1.62. The van der Waals surface area contributed by atoms with Crippen molar-refractivity contribution in [3.05, 3.63) is 28.8 Å². The number of benzene rings is 1. The van der Waals surface area contributed by atoms with Crippen LogP contribution in [0.1, 0.15) is 18.4 Å². The van der Waals surface area contributed by atoms with E-state index in [0.717, 1.165) is 43.2 Å². The zero-order valence-electron chi connectivity index (χ0n) is 8.71. The fourth-order valence-corrected chi connectivity index (χ4v) is 2.27. The van der Waals surface area contributed by atoms with Crippen LogP contribution in [0.4, 0.5) is 0 Å². The van der Waals surface area contributed by atoms with Gasteiger partial charge in [0.15, 0.2) is 0 Å². The molecule has 1 aliphatic heterocycles. The Hall–Kier alpha value is -0.730. The predicted octanol–water partition coefficient (Wildman–Crippen LogP) is 2.63. The average Bonchev–Trinajstić information content (AvgIpc) is 2.39. The quantitative estimate of drug-likeness (QED) is 0.840. The topological polar surface area (TPSA) is 35.2 Å². The Kier molecular flexibility index (Phi) is 3.49. The molecule has 15 heavy (non-hydrogen) atoms. The lowest BCUT2D eigenvalue weighted by Gasteiger charge is -2.11. The van der Waals surface area contributed by atoms with Gasteiger partial charge in [0, 0.05) is 5.02 Å². The molecule has 2 rings (SSSR count). The molecule has 0 fully saturated rings. The Balaban J connectivity index is 2.19. The Labute approximate surface area is 95.4 Å². The molecule has 2 nitrogen and oxygen atoms in total. The maximum Gasteiger partial charge on any atom is 0.122 e. The van der Waals surface area contributed by atoms with Crippen molar-refractivity contribution in [3.8, 4) is 5.75 Å². The molecule has 0 radical (unpaired) electrons. The van der Waals surface area contributed by atoms with Crippen LogP contribution in [0.2, 0.25) is 5.02 Å². The second-order valence-electron chi connectivity index (χ2n) is 4.04. The van der Waals surface area contributed by atoms with E-state index < -0.39 is 0 Å². The molecular weight excluding hydrogens is 210 g/mol. The minimum absolute atomic E-state index is 0.634. The summed E-state index contributed by atoms with van der Waals surface area (Å²) < 4.78 is 5.68. The van der Waals surface area contributed by atoms with Gasteiger partial charge in [-0.1, -0.05) is 11.6 Å². The van der Waals surface area contributed by atoms with Crippen LogP contribution in [0.5, 0.6) is 5.75 Å². The lowest BCUT2D eigenvalue weighted by Crippen LogP contribution is -2.11. The summed E-state index contributed by atoms with van der Waals surface area (Å²) in [7, 11) is 0. The number of hydrogen-bond acceptors (Lipinski definition) is 2. The highest BCUT2D eigenvalue weighted by Crippen LogP contribution is 2.30. The van der Waals surface area contributed by atoms with E-state index in [1.165, 1.54) is 5.56 Å². The molecule has 2 N–H and O–H groups in total. The summed E-state index contributed by atoms with van der Waals surface area (Å²) in [5.41, 5.74) is 6.81. The normalized spacial score (nSPS) is 20.3. The van der Waals surface area contributed by atoms with Crippen molar-refractivity contribution in [2.45, 2.75) is 19.3 Å². The first-order valence-corrected chi connectivity index (χ1v) is 5.78. The van der Waals surface area contributed by atoms with Crippen LogP contribution in [-0.4, -0.2) is 13.2 Å². The third kappa shape index (κ3) is 2.64. The molecule has 1 aromatic rings. The van der Waals surface area contributed by atoms with Crippen molar-refractivity contribution in [3.63, 3.8) is 0 Å². The lowest BCUT2D eigenvalue weighted by atomic mass is 9.94. The van der Waals surface area contributed by atoms with E-state index >= 15 is 0 Å². The minimum atomic E-state index is 0.634. The van der Waals surface area contributed by atoms with Gasteiger partial charge in [-0.15, -0.1) is 0 Å². The number of nitrogens with two attached hydrogens (primary N) is 1. The molecule has 0 bridgehead atoms. The van der Waals surface area contributed by atoms with E-state index in [9.17, 15) is 0 Å². The molecule has 3 heteroatoms. The van der Waals surface area contributed by atoms with E-state index in [4.69, 9.17) is 22.1 Å². The molecule has 1 atom stereocenters. The molecule has 82 valence electrons. The summed E-state index contributed by atoms with van der Waals surface area (Å²) in [6, 6.07) is 5.85. The standard InChI is InChI=1S/C12H16ClNO/c13-11-1-2-12-10(8-11)7-9(3-5-14)4-6-15-12/h1-2,8-9H,3-7,14H2. The van der Waals surface area contributed by atoms with Crippen molar-refractivity contribution >= 4 is 11.6 Å². The Morgan fingerprint density at radius 2 is 2.33 bits per heavy atom. The van der Waals surface area contributed by atoms with Gasteiger partial charge in [-0.25, -0.2) is 0 Å². The zero-order valence-corrected chi connectivity index (χ0v) is 9.46. The first-order valence-electron chi connectivity index (χ1n) is 5.41. The molecule has 0 saturated carbocycles. The average molecular weight is 226 g/mol. The molecular formula is C12H16ClNO. The molecule has 0 spiro atoms. The Morgan fingerprint density at radius 1 is 1.47 bits per heavy atom. The van der Waals surface area contributed by atoms with Crippen LogP contribution in [0, 0.1) is 5.92 Å². The molecule has 0 aliphatic carbocycles. The molecule has 1 aromatic carbocycles. The molecule has 0 amide bonds. The van der Waals surface area contributed by atoms with Crippen molar-refractivity contribution in [1.29, 1.82) is 0 Å². The van der Waals surface area contributed by atoms with Gasteiger partial charge >= 0.3 is 0 Å². The fraction of sp³-hybridized carbons (Fsp3) is 0.500. The summed E-state index contributed by atoms with van der Waals surface area (Å²) >= 11 is 5.97. The van der Waals surface area contributed by atoms with Gasteiger partial charge in [-0.3, -0.25) is 0 Å². The van der Waals surface area contributed by atoms with Crippen LogP contribution >= 0.6 is 11.6 Å². The zero-order chi connectivity index (χ0) is 10.7. The van der Waals surface area contributed by atoms with E-state index in [1.54, 1.807) is 0 Å². The van der Waals surface area contributed by atoms with Crippen molar-refractivity contribution in [2.75, 3.05) is 13.2 Å². The van der Waals surface area contributed by atoms with E-state index in [0.29, 0.717) is 5.92 Å². The fourth-order valence-electron chi connectivity index (χ4n) is 2.08. The maximum absolute atomic E-state index is 5.97. The molecule has 0 saturated heterocycles. The summed E-state index contributed by atoms with van der Waals surface area (Å²) in [5, 5.41) is 0.783. The Morgan fingerprint density at radius 3 is 3.13 bits per heavy atom. The lowest BCUT2D eigenvalue weighted by molar-refractivity contribution is 0.291. The highest BCUT2D eigenvalue weighted by Gasteiger charge is 2.17. The van der Waals surface area contributed by atoms with Crippen molar-refractivity contribution in [2.24, 2.45) is 11.7 Å². The van der Waals surface area contributed by atoms with Crippen LogP contribution in [-0.2, 0) is 6.42 Å². The van der Waals surface area contributed by atoms with E-state index in [2.05, 4.69) is 0 Å². The van der Waals surface area contributed by atoms with Gasteiger partial charge in [-0.2, -0.15) is 0 Å². The van der Waals surface area contributed by atoms with Crippen LogP contribution in [0.3, 0.4) is 0 Å². The smallest absolute Gasteiger partial charge is 0.122 e. The van der Waals surface area contributed by atoms with Gasteiger partial charge in [-0.05, 0) is 55.5 Å². The first kappa shape index (κ1) is 10.8. The molecule has 1 heterocycles.